The number of ether oxygens (including phenoxy) is 2. The normalized spacial score (nSPS) is 11.0. The second-order valence-corrected chi connectivity index (χ2v) is 7.08. The average molecular weight is 444 g/mol. The van der Waals surface area contributed by atoms with Crippen molar-refractivity contribution in [2.24, 2.45) is 0 Å². The molecule has 0 spiro atoms. The molecule has 0 unspecified atom stereocenters. The minimum atomic E-state index is -0.414. The van der Waals surface area contributed by atoms with Crippen molar-refractivity contribution in [3.63, 3.8) is 0 Å². The van der Waals surface area contributed by atoms with Crippen LogP contribution < -0.4 is 15.0 Å². The fraction of sp³-hybridized carbons (Fsp3) is 0.0833. The first-order valence-corrected chi connectivity index (χ1v) is 9.93. The third kappa shape index (κ3) is 3.59. The molecule has 2 heterocycles. The van der Waals surface area contributed by atoms with Crippen molar-refractivity contribution in [2.45, 2.75) is 0 Å². The van der Waals surface area contributed by atoms with Gasteiger partial charge in [-0.2, -0.15) is 14.8 Å². The second kappa shape index (κ2) is 8.19. The Morgan fingerprint density at radius 1 is 0.939 bits per heavy atom. The molecular weight excluding hydrogens is 427 g/mol. The third-order valence-electron chi connectivity index (χ3n) is 5.15. The number of rotatable bonds is 5. The number of benzene rings is 3. The van der Waals surface area contributed by atoms with Crippen LogP contribution in [-0.4, -0.2) is 34.1 Å². The van der Waals surface area contributed by atoms with Gasteiger partial charge in [0.15, 0.2) is 5.69 Å². The van der Waals surface area contributed by atoms with Gasteiger partial charge in [-0.25, -0.2) is 4.39 Å². The zero-order valence-corrected chi connectivity index (χ0v) is 17.7. The van der Waals surface area contributed by atoms with Crippen LogP contribution in [0.5, 0.6) is 11.5 Å². The van der Waals surface area contributed by atoms with E-state index in [-0.39, 0.29) is 17.3 Å². The first kappa shape index (κ1) is 20.4. The van der Waals surface area contributed by atoms with Crippen LogP contribution in [0.1, 0.15) is 0 Å². The summed E-state index contributed by atoms with van der Waals surface area (Å²) in [6.07, 6.45) is 0. The summed E-state index contributed by atoms with van der Waals surface area (Å²) in [4.78, 5) is 17.6. The van der Waals surface area contributed by atoms with E-state index in [9.17, 15) is 9.18 Å². The number of hydrogen-bond donors (Lipinski definition) is 0. The lowest BCUT2D eigenvalue weighted by atomic mass is 10.1. The molecule has 0 N–H and O–H groups in total. The van der Waals surface area contributed by atoms with E-state index in [1.807, 2.05) is 0 Å². The largest absolute Gasteiger partial charge is 0.497 e. The Balaban J connectivity index is 1.69. The van der Waals surface area contributed by atoms with Gasteiger partial charge < -0.3 is 14.0 Å². The molecule has 0 saturated heterocycles. The summed E-state index contributed by atoms with van der Waals surface area (Å²) in [5, 5.41) is 9.53. The van der Waals surface area contributed by atoms with Crippen molar-refractivity contribution in [3.8, 4) is 40.2 Å². The highest BCUT2D eigenvalue weighted by Gasteiger charge is 2.20. The minimum absolute atomic E-state index is 0.120. The van der Waals surface area contributed by atoms with Crippen LogP contribution in [0.4, 0.5) is 4.39 Å². The van der Waals surface area contributed by atoms with Crippen LogP contribution in [0.25, 0.3) is 39.4 Å². The Morgan fingerprint density at radius 2 is 1.70 bits per heavy atom. The monoisotopic (exact) mass is 444 g/mol. The van der Waals surface area contributed by atoms with E-state index in [1.54, 1.807) is 49.6 Å². The number of fused-ring (bicyclic) bond motifs is 1. The highest BCUT2D eigenvalue weighted by atomic mass is 19.1. The summed E-state index contributed by atoms with van der Waals surface area (Å²) < 4.78 is 30.8. The molecule has 0 aliphatic heterocycles. The predicted octanol–water partition coefficient (Wildman–Crippen LogP) is 4.26. The van der Waals surface area contributed by atoms with Crippen LogP contribution in [0.2, 0.25) is 0 Å². The lowest BCUT2D eigenvalue weighted by Gasteiger charge is -2.09. The molecule has 164 valence electrons. The molecule has 0 aliphatic rings. The maximum absolute atomic E-state index is 13.4. The third-order valence-corrected chi connectivity index (χ3v) is 5.15. The van der Waals surface area contributed by atoms with Crippen LogP contribution >= 0.6 is 0 Å². The molecule has 33 heavy (non-hydrogen) atoms. The molecule has 5 rings (SSSR count). The maximum Gasteiger partial charge on any atom is 0.279 e. The Hall–Kier alpha value is -4.53. The Morgan fingerprint density at radius 3 is 2.42 bits per heavy atom. The fourth-order valence-electron chi connectivity index (χ4n) is 3.52. The second-order valence-electron chi connectivity index (χ2n) is 7.08. The van der Waals surface area contributed by atoms with Gasteiger partial charge in [0.1, 0.15) is 17.3 Å². The van der Waals surface area contributed by atoms with Crippen LogP contribution in [0, 0.1) is 5.82 Å². The molecule has 0 atom stereocenters. The molecule has 8 nitrogen and oxygen atoms in total. The molecule has 9 heteroatoms. The first-order chi connectivity index (χ1) is 16.1. The minimum Gasteiger partial charge on any atom is -0.497 e. The quantitative estimate of drug-likeness (QED) is 0.400. The zero-order chi connectivity index (χ0) is 22.9. The number of halogens is 1. The van der Waals surface area contributed by atoms with Gasteiger partial charge in [-0.3, -0.25) is 4.79 Å². The molecular formula is C24H17FN4O4. The van der Waals surface area contributed by atoms with Gasteiger partial charge in [0.25, 0.3) is 11.4 Å². The Bertz CT molecular complexity index is 1530. The molecule has 0 amide bonds. The van der Waals surface area contributed by atoms with Crippen molar-refractivity contribution >= 4 is 10.8 Å². The van der Waals surface area contributed by atoms with E-state index >= 15 is 0 Å². The number of aromatic nitrogens is 4. The van der Waals surface area contributed by atoms with Gasteiger partial charge in [0.2, 0.25) is 5.82 Å². The highest BCUT2D eigenvalue weighted by Crippen LogP contribution is 2.33. The van der Waals surface area contributed by atoms with E-state index in [2.05, 4.69) is 15.2 Å². The molecule has 5 aromatic rings. The predicted molar refractivity (Wildman–Crippen MR) is 119 cm³/mol. The van der Waals surface area contributed by atoms with E-state index < -0.39 is 5.82 Å². The van der Waals surface area contributed by atoms with E-state index in [0.717, 1.165) is 0 Å². The molecule has 0 radical (unpaired) electrons. The van der Waals surface area contributed by atoms with Crippen LogP contribution in [0.15, 0.2) is 76.0 Å². The van der Waals surface area contributed by atoms with E-state index in [1.165, 1.54) is 36.1 Å². The number of methoxy groups -OCH3 is 2. The van der Waals surface area contributed by atoms with Gasteiger partial charge in [0, 0.05) is 11.5 Å². The summed E-state index contributed by atoms with van der Waals surface area (Å²) in [6.45, 7) is 0. The lowest BCUT2D eigenvalue weighted by Crippen LogP contribution is -2.22. The topological polar surface area (TPSA) is 92.3 Å². The van der Waals surface area contributed by atoms with Crippen LogP contribution in [0.3, 0.4) is 0 Å². The zero-order valence-electron chi connectivity index (χ0n) is 17.7. The van der Waals surface area contributed by atoms with Gasteiger partial charge in [-0.1, -0.05) is 23.4 Å². The van der Waals surface area contributed by atoms with E-state index in [0.29, 0.717) is 39.2 Å². The van der Waals surface area contributed by atoms with Gasteiger partial charge in [0.05, 0.1) is 30.9 Å². The Kier molecular flexibility index (Phi) is 5.06. The van der Waals surface area contributed by atoms with Gasteiger partial charge in [-0.05, 0) is 42.5 Å². The average Bonchev–Trinajstić information content (AvgIpc) is 3.34. The van der Waals surface area contributed by atoms with Crippen molar-refractivity contribution in [2.75, 3.05) is 14.2 Å². The van der Waals surface area contributed by atoms with Crippen molar-refractivity contribution in [3.05, 3.63) is 82.9 Å². The summed E-state index contributed by atoms with van der Waals surface area (Å²) in [5.74, 6) is 1.13. The number of nitrogens with zero attached hydrogens (tertiary/aromatic N) is 4. The van der Waals surface area contributed by atoms with Gasteiger partial charge in [-0.15, -0.1) is 0 Å². The highest BCUT2D eigenvalue weighted by molar-refractivity contribution is 5.92. The molecule has 2 aromatic heterocycles. The Labute approximate surface area is 186 Å². The summed E-state index contributed by atoms with van der Waals surface area (Å²) >= 11 is 0. The maximum atomic E-state index is 13.4. The van der Waals surface area contributed by atoms with Crippen molar-refractivity contribution in [1.82, 2.24) is 19.9 Å². The van der Waals surface area contributed by atoms with Crippen molar-refractivity contribution in [1.29, 1.82) is 0 Å². The number of hydrogen-bond acceptors (Lipinski definition) is 7. The smallest absolute Gasteiger partial charge is 0.279 e. The first-order valence-electron chi connectivity index (χ1n) is 9.93. The van der Waals surface area contributed by atoms with Gasteiger partial charge >= 0.3 is 0 Å². The SMILES string of the molecule is COc1ccc(-c2noc(-c3nn(-c4ccc(F)cc4)c(=O)c4ccccc34)n2)c(OC)c1. The molecule has 0 bridgehead atoms. The van der Waals surface area contributed by atoms with Crippen LogP contribution in [-0.2, 0) is 0 Å². The van der Waals surface area contributed by atoms with Crippen molar-refractivity contribution < 1.29 is 18.4 Å². The molecule has 0 saturated carbocycles. The molecule has 0 fully saturated rings. The van der Waals surface area contributed by atoms with E-state index in [4.69, 9.17) is 14.0 Å². The fourth-order valence-corrected chi connectivity index (χ4v) is 3.52. The summed E-state index contributed by atoms with van der Waals surface area (Å²) in [5.41, 5.74) is 0.979. The summed E-state index contributed by atoms with van der Waals surface area (Å²) in [7, 11) is 3.10. The lowest BCUT2D eigenvalue weighted by molar-refractivity contribution is 0.394. The molecule has 3 aromatic carbocycles. The standard InChI is InChI=1S/C24H17FN4O4/c1-31-16-11-12-19(20(13-16)32-2)22-26-23(33-28-22)21-17-5-3-4-6-18(17)24(30)29(27-21)15-9-7-14(25)8-10-15/h3-13H,1-2H3. The summed E-state index contributed by atoms with van der Waals surface area (Å²) in [6, 6.07) is 17.7. The molecule has 0 aliphatic carbocycles.